The second-order valence-corrected chi connectivity index (χ2v) is 10.8. The van der Waals surface area contributed by atoms with Crippen molar-refractivity contribution in [2.24, 2.45) is 0 Å². The van der Waals surface area contributed by atoms with Crippen molar-refractivity contribution in [2.45, 2.75) is 110 Å². The lowest BCUT2D eigenvalue weighted by atomic mass is 10.0. The van der Waals surface area contributed by atoms with E-state index in [0.29, 0.717) is 19.6 Å². The zero-order chi connectivity index (χ0) is 24.6. The standard InChI is InChI=1S/C25H52NO6P/c1-4-7-8-9-10-11-12-13-14-15-16-17-18-20-30-22-25(31-24-27)23-32-33(28,29)21-19-26(5-2)6-3/h24-25H,4-23H2,1-3H3,(H,28,29). The van der Waals surface area contributed by atoms with Gasteiger partial charge < -0.3 is 23.8 Å². The van der Waals surface area contributed by atoms with Gasteiger partial charge in [0.25, 0.3) is 6.47 Å². The third-order valence-corrected chi connectivity index (χ3v) is 7.32. The minimum atomic E-state index is -3.72. The summed E-state index contributed by atoms with van der Waals surface area (Å²) in [5.41, 5.74) is 0. The third-order valence-electron chi connectivity index (χ3n) is 6.00. The molecule has 0 heterocycles. The van der Waals surface area contributed by atoms with Crippen LogP contribution in [-0.4, -0.2) is 68.0 Å². The third kappa shape index (κ3) is 21.8. The summed E-state index contributed by atoms with van der Waals surface area (Å²) in [6.45, 7) is 9.38. The van der Waals surface area contributed by atoms with Gasteiger partial charge in [-0.15, -0.1) is 0 Å². The number of nitrogens with zero attached hydrogens (tertiary/aromatic N) is 1. The molecule has 2 unspecified atom stereocenters. The Morgan fingerprint density at radius 3 is 1.82 bits per heavy atom. The highest BCUT2D eigenvalue weighted by molar-refractivity contribution is 7.52. The van der Waals surface area contributed by atoms with Gasteiger partial charge in [0.15, 0.2) is 0 Å². The van der Waals surface area contributed by atoms with E-state index < -0.39 is 13.7 Å². The molecule has 7 nitrogen and oxygen atoms in total. The Bertz CT molecular complexity index is 476. The molecule has 0 bridgehead atoms. The zero-order valence-electron chi connectivity index (χ0n) is 21.7. The SMILES string of the molecule is CCCCCCCCCCCCCCCOCC(COP(=O)(O)CCN(CC)CC)OC=O. The van der Waals surface area contributed by atoms with E-state index in [1.807, 2.05) is 13.8 Å². The van der Waals surface area contributed by atoms with Crippen molar-refractivity contribution in [3.63, 3.8) is 0 Å². The predicted molar refractivity (Wildman–Crippen MR) is 136 cm³/mol. The second-order valence-electron chi connectivity index (χ2n) is 8.86. The molecule has 0 saturated heterocycles. The lowest BCUT2D eigenvalue weighted by molar-refractivity contribution is -0.138. The van der Waals surface area contributed by atoms with Crippen LogP contribution in [0.1, 0.15) is 104 Å². The van der Waals surface area contributed by atoms with Crippen molar-refractivity contribution >= 4 is 14.1 Å². The van der Waals surface area contributed by atoms with Crippen LogP contribution in [0.5, 0.6) is 0 Å². The molecule has 0 aliphatic rings. The quantitative estimate of drug-likeness (QED) is 0.0875. The van der Waals surface area contributed by atoms with Crippen LogP contribution in [0.15, 0.2) is 0 Å². The van der Waals surface area contributed by atoms with E-state index in [1.54, 1.807) is 0 Å². The van der Waals surface area contributed by atoms with Crippen LogP contribution in [-0.2, 0) is 23.4 Å². The molecule has 33 heavy (non-hydrogen) atoms. The number of hydrogen-bond acceptors (Lipinski definition) is 6. The molecule has 1 N–H and O–H groups in total. The smallest absolute Gasteiger partial charge is 0.329 e. The van der Waals surface area contributed by atoms with Crippen molar-refractivity contribution in [1.29, 1.82) is 0 Å². The van der Waals surface area contributed by atoms with Gasteiger partial charge in [-0.1, -0.05) is 97.8 Å². The first-order chi connectivity index (χ1) is 16.0. The molecule has 8 heteroatoms. The number of carbonyl (C=O) groups excluding carboxylic acids is 1. The molecule has 0 aromatic heterocycles. The minimum Gasteiger partial charge on any atom is -0.460 e. The summed E-state index contributed by atoms with van der Waals surface area (Å²) < 4.78 is 27.9. The normalized spacial score (nSPS) is 14.3. The highest BCUT2D eigenvalue weighted by Gasteiger charge is 2.23. The Balaban J connectivity index is 3.70. The van der Waals surface area contributed by atoms with Gasteiger partial charge in [-0.25, -0.2) is 0 Å². The van der Waals surface area contributed by atoms with Gasteiger partial charge in [0.1, 0.15) is 6.10 Å². The maximum absolute atomic E-state index is 12.2. The molecule has 0 rings (SSSR count). The summed E-state index contributed by atoms with van der Waals surface area (Å²) in [6, 6.07) is 0. The average Bonchev–Trinajstić information content (AvgIpc) is 2.80. The van der Waals surface area contributed by atoms with Crippen LogP contribution in [0.3, 0.4) is 0 Å². The number of carbonyl (C=O) groups is 1. The Kier molecular flexibility index (Phi) is 23.0. The number of hydrogen-bond donors (Lipinski definition) is 1. The summed E-state index contributed by atoms with van der Waals surface area (Å²) >= 11 is 0. The molecular formula is C25H52NO6P. The Morgan fingerprint density at radius 1 is 0.818 bits per heavy atom. The molecular weight excluding hydrogens is 441 g/mol. The lowest BCUT2D eigenvalue weighted by Crippen LogP contribution is -2.28. The summed E-state index contributed by atoms with van der Waals surface area (Å²) in [5, 5.41) is 0. The summed E-state index contributed by atoms with van der Waals surface area (Å²) in [6.07, 6.45) is 16.3. The van der Waals surface area contributed by atoms with Gasteiger partial charge in [0.2, 0.25) is 0 Å². The fraction of sp³-hybridized carbons (Fsp3) is 0.960. The van der Waals surface area contributed by atoms with Crippen molar-refractivity contribution in [3.05, 3.63) is 0 Å². The van der Waals surface area contributed by atoms with Gasteiger partial charge in [-0.05, 0) is 19.5 Å². The molecule has 0 spiro atoms. The first-order valence-electron chi connectivity index (χ1n) is 13.3. The van der Waals surface area contributed by atoms with Crippen LogP contribution in [0.25, 0.3) is 0 Å². The highest BCUT2D eigenvalue weighted by atomic mass is 31.2. The predicted octanol–water partition coefficient (Wildman–Crippen LogP) is 6.18. The fourth-order valence-corrected chi connectivity index (χ4v) is 4.78. The molecule has 0 fully saturated rings. The highest BCUT2D eigenvalue weighted by Crippen LogP contribution is 2.41. The van der Waals surface area contributed by atoms with Crippen LogP contribution < -0.4 is 0 Å². The Morgan fingerprint density at radius 2 is 1.33 bits per heavy atom. The zero-order valence-corrected chi connectivity index (χ0v) is 22.6. The van der Waals surface area contributed by atoms with E-state index in [2.05, 4.69) is 11.8 Å². The molecule has 2 atom stereocenters. The van der Waals surface area contributed by atoms with Crippen LogP contribution in [0.4, 0.5) is 0 Å². The lowest BCUT2D eigenvalue weighted by Gasteiger charge is -2.21. The van der Waals surface area contributed by atoms with E-state index in [1.165, 1.54) is 70.6 Å². The van der Waals surface area contributed by atoms with Crippen LogP contribution in [0.2, 0.25) is 0 Å². The van der Waals surface area contributed by atoms with E-state index in [-0.39, 0.29) is 19.4 Å². The molecule has 0 amide bonds. The Labute approximate surface area is 203 Å². The summed E-state index contributed by atoms with van der Waals surface area (Å²) in [5.74, 6) is 0. The van der Waals surface area contributed by atoms with Gasteiger partial charge in [0.05, 0.1) is 19.4 Å². The number of ether oxygens (including phenoxy) is 2. The van der Waals surface area contributed by atoms with E-state index in [9.17, 15) is 14.3 Å². The van der Waals surface area contributed by atoms with Gasteiger partial charge >= 0.3 is 7.60 Å². The van der Waals surface area contributed by atoms with E-state index in [4.69, 9.17) is 14.0 Å². The first kappa shape index (κ1) is 32.5. The van der Waals surface area contributed by atoms with Crippen molar-refractivity contribution in [1.82, 2.24) is 4.90 Å². The topological polar surface area (TPSA) is 85.3 Å². The van der Waals surface area contributed by atoms with Crippen LogP contribution >= 0.6 is 7.60 Å². The second kappa shape index (κ2) is 23.3. The number of unbranched alkanes of at least 4 members (excludes halogenated alkanes) is 12. The van der Waals surface area contributed by atoms with Gasteiger partial charge in [-0.3, -0.25) is 9.36 Å². The average molecular weight is 494 g/mol. The maximum atomic E-state index is 12.2. The molecule has 0 aliphatic carbocycles. The monoisotopic (exact) mass is 493 g/mol. The molecule has 0 saturated carbocycles. The van der Waals surface area contributed by atoms with Crippen molar-refractivity contribution in [2.75, 3.05) is 45.6 Å². The van der Waals surface area contributed by atoms with E-state index in [0.717, 1.165) is 25.9 Å². The summed E-state index contributed by atoms with van der Waals surface area (Å²) in [7, 11) is -3.72. The summed E-state index contributed by atoms with van der Waals surface area (Å²) in [4.78, 5) is 22.8. The van der Waals surface area contributed by atoms with Crippen LogP contribution in [0, 0.1) is 0 Å². The molecule has 0 radical (unpaired) electrons. The first-order valence-corrected chi connectivity index (χ1v) is 15.1. The molecule has 0 aromatic rings. The van der Waals surface area contributed by atoms with Crippen molar-refractivity contribution in [3.8, 4) is 0 Å². The van der Waals surface area contributed by atoms with Gasteiger partial charge in [0, 0.05) is 13.2 Å². The maximum Gasteiger partial charge on any atom is 0.329 e. The minimum absolute atomic E-state index is 0.0578. The van der Waals surface area contributed by atoms with Gasteiger partial charge in [-0.2, -0.15) is 0 Å². The van der Waals surface area contributed by atoms with E-state index >= 15 is 0 Å². The van der Waals surface area contributed by atoms with Crippen molar-refractivity contribution < 1.29 is 28.3 Å². The molecule has 0 aliphatic heterocycles. The molecule has 0 aromatic carbocycles. The molecule has 198 valence electrons. The Hall–Kier alpha value is -0.460. The fourth-order valence-electron chi connectivity index (χ4n) is 3.71. The largest absolute Gasteiger partial charge is 0.460 e. The number of rotatable bonds is 26.